The SMILES string of the molecule is CCc1ccc(-c2cnnc(N)n2)c(C(F)(F)F)c1. The van der Waals surface area contributed by atoms with E-state index in [-0.39, 0.29) is 17.2 Å². The molecule has 7 heteroatoms. The molecule has 0 unspecified atom stereocenters. The summed E-state index contributed by atoms with van der Waals surface area (Å²) in [5.41, 5.74) is 5.21. The second-order valence-electron chi connectivity index (χ2n) is 3.93. The maximum Gasteiger partial charge on any atom is 0.417 e. The van der Waals surface area contributed by atoms with Crippen molar-refractivity contribution in [1.29, 1.82) is 0 Å². The largest absolute Gasteiger partial charge is 0.417 e. The lowest BCUT2D eigenvalue weighted by Crippen LogP contribution is -2.09. The summed E-state index contributed by atoms with van der Waals surface area (Å²) >= 11 is 0. The van der Waals surface area contributed by atoms with Crippen LogP contribution in [-0.2, 0) is 12.6 Å². The first-order valence-electron chi connectivity index (χ1n) is 5.57. The summed E-state index contributed by atoms with van der Waals surface area (Å²) in [6.07, 6.45) is -2.78. The van der Waals surface area contributed by atoms with E-state index in [1.165, 1.54) is 6.07 Å². The van der Waals surface area contributed by atoms with Crippen molar-refractivity contribution in [3.63, 3.8) is 0 Å². The molecule has 4 nitrogen and oxygen atoms in total. The monoisotopic (exact) mass is 268 g/mol. The summed E-state index contributed by atoms with van der Waals surface area (Å²) in [4.78, 5) is 3.78. The molecular formula is C12H11F3N4. The summed E-state index contributed by atoms with van der Waals surface area (Å²) < 4.78 is 39.2. The van der Waals surface area contributed by atoms with Gasteiger partial charge >= 0.3 is 6.18 Å². The van der Waals surface area contributed by atoms with Gasteiger partial charge in [-0.25, -0.2) is 4.98 Å². The van der Waals surface area contributed by atoms with Crippen molar-refractivity contribution in [2.45, 2.75) is 19.5 Å². The highest BCUT2D eigenvalue weighted by atomic mass is 19.4. The minimum absolute atomic E-state index is 0.0497. The zero-order valence-corrected chi connectivity index (χ0v) is 10.1. The van der Waals surface area contributed by atoms with Crippen LogP contribution in [0.15, 0.2) is 24.4 Å². The summed E-state index contributed by atoms with van der Waals surface area (Å²) in [5.74, 6) is -0.162. The molecule has 0 aliphatic carbocycles. The quantitative estimate of drug-likeness (QED) is 0.909. The Hall–Kier alpha value is -2.18. The van der Waals surface area contributed by atoms with Gasteiger partial charge in [0.15, 0.2) is 0 Å². The molecular weight excluding hydrogens is 257 g/mol. The van der Waals surface area contributed by atoms with Gasteiger partial charge in [0.25, 0.3) is 0 Å². The number of halogens is 3. The number of anilines is 1. The lowest BCUT2D eigenvalue weighted by atomic mass is 10.00. The van der Waals surface area contributed by atoms with Crippen LogP contribution in [0.25, 0.3) is 11.3 Å². The molecule has 2 aromatic rings. The van der Waals surface area contributed by atoms with Crippen LogP contribution in [0.3, 0.4) is 0 Å². The van der Waals surface area contributed by atoms with Crippen molar-refractivity contribution in [3.05, 3.63) is 35.5 Å². The van der Waals surface area contributed by atoms with E-state index in [1.54, 1.807) is 13.0 Å². The molecule has 0 spiro atoms. The topological polar surface area (TPSA) is 64.7 Å². The van der Waals surface area contributed by atoms with E-state index in [0.29, 0.717) is 12.0 Å². The van der Waals surface area contributed by atoms with Crippen LogP contribution in [0.4, 0.5) is 19.1 Å². The number of nitrogens with two attached hydrogens (primary N) is 1. The molecule has 0 saturated carbocycles. The fourth-order valence-electron chi connectivity index (χ4n) is 1.72. The van der Waals surface area contributed by atoms with Crippen LogP contribution in [-0.4, -0.2) is 15.2 Å². The van der Waals surface area contributed by atoms with E-state index in [0.717, 1.165) is 12.3 Å². The minimum atomic E-state index is -4.46. The van der Waals surface area contributed by atoms with Gasteiger partial charge in [-0.15, -0.1) is 5.10 Å². The Morgan fingerprint density at radius 2 is 2.00 bits per heavy atom. The van der Waals surface area contributed by atoms with Gasteiger partial charge in [-0.05, 0) is 18.1 Å². The van der Waals surface area contributed by atoms with Gasteiger partial charge in [-0.1, -0.05) is 19.1 Å². The maximum atomic E-state index is 13.1. The Morgan fingerprint density at radius 1 is 1.26 bits per heavy atom. The Balaban J connectivity index is 2.63. The van der Waals surface area contributed by atoms with Crippen molar-refractivity contribution in [1.82, 2.24) is 15.2 Å². The van der Waals surface area contributed by atoms with E-state index < -0.39 is 11.7 Å². The van der Waals surface area contributed by atoms with Gasteiger partial charge in [-0.3, -0.25) is 0 Å². The molecule has 0 aliphatic heterocycles. The van der Waals surface area contributed by atoms with E-state index >= 15 is 0 Å². The van der Waals surface area contributed by atoms with Crippen LogP contribution < -0.4 is 5.73 Å². The number of nitrogens with zero attached hydrogens (tertiary/aromatic N) is 3. The maximum absolute atomic E-state index is 13.1. The Labute approximate surface area is 107 Å². The van der Waals surface area contributed by atoms with Crippen molar-refractivity contribution >= 4 is 5.95 Å². The number of alkyl halides is 3. The zero-order chi connectivity index (χ0) is 14.0. The summed E-state index contributed by atoms with van der Waals surface area (Å²) in [7, 11) is 0. The fraction of sp³-hybridized carbons (Fsp3) is 0.250. The van der Waals surface area contributed by atoms with Crippen molar-refractivity contribution in [3.8, 4) is 11.3 Å². The average Bonchev–Trinajstić information content (AvgIpc) is 2.37. The predicted octanol–water partition coefficient (Wildman–Crippen LogP) is 2.70. The second kappa shape index (κ2) is 4.83. The van der Waals surface area contributed by atoms with E-state index in [1.807, 2.05) is 0 Å². The molecule has 0 aliphatic rings. The number of benzene rings is 1. The third-order valence-corrected chi connectivity index (χ3v) is 2.65. The van der Waals surface area contributed by atoms with Gasteiger partial charge in [0.2, 0.25) is 5.95 Å². The first-order valence-corrected chi connectivity index (χ1v) is 5.57. The first kappa shape index (κ1) is 13.3. The van der Waals surface area contributed by atoms with Crippen LogP contribution in [0, 0.1) is 0 Å². The molecule has 1 aromatic carbocycles. The molecule has 0 bridgehead atoms. The van der Waals surface area contributed by atoms with Crippen LogP contribution in [0.2, 0.25) is 0 Å². The third kappa shape index (κ3) is 2.81. The standard InChI is InChI=1S/C12H11F3N4/c1-2-7-3-4-8(9(5-7)12(13,14)15)10-6-17-19-11(16)18-10/h3-6H,2H2,1H3,(H2,16,18,19). The zero-order valence-electron chi connectivity index (χ0n) is 10.1. The van der Waals surface area contributed by atoms with Crippen molar-refractivity contribution < 1.29 is 13.2 Å². The minimum Gasteiger partial charge on any atom is -0.366 e. The number of nitrogen functional groups attached to an aromatic ring is 1. The Bertz CT molecular complexity index is 596. The molecule has 19 heavy (non-hydrogen) atoms. The van der Waals surface area contributed by atoms with Crippen LogP contribution >= 0.6 is 0 Å². The second-order valence-corrected chi connectivity index (χ2v) is 3.93. The summed E-state index contributed by atoms with van der Waals surface area (Å²) in [6, 6.07) is 4.13. The molecule has 100 valence electrons. The molecule has 0 saturated heterocycles. The van der Waals surface area contributed by atoms with E-state index in [9.17, 15) is 13.2 Å². The van der Waals surface area contributed by atoms with E-state index in [2.05, 4.69) is 15.2 Å². The highest BCUT2D eigenvalue weighted by Gasteiger charge is 2.34. The number of hydrogen-bond donors (Lipinski definition) is 1. The molecule has 2 N–H and O–H groups in total. The van der Waals surface area contributed by atoms with Crippen LogP contribution in [0.5, 0.6) is 0 Å². The summed E-state index contributed by atoms with van der Waals surface area (Å²) in [5, 5.41) is 6.95. The molecule has 0 fully saturated rings. The van der Waals surface area contributed by atoms with Gasteiger partial charge in [-0.2, -0.15) is 18.3 Å². The lowest BCUT2D eigenvalue weighted by Gasteiger charge is -2.13. The smallest absolute Gasteiger partial charge is 0.366 e. The van der Waals surface area contributed by atoms with Crippen LogP contribution in [0.1, 0.15) is 18.1 Å². The van der Waals surface area contributed by atoms with Crippen molar-refractivity contribution in [2.24, 2.45) is 0 Å². The first-order chi connectivity index (χ1) is 8.91. The molecule has 1 heterocycles. The van der Waals surface area contributed by atoms with Gasteiger partial charge in [0, 0.05) is 5.56 Å². The van der Waals surface area contributed by atoms with Crippen molar-refractivity contribution in [2.75, 3.05) is 5.73 Å². The molecule has 0 radical (unpaired) electrons. The summed E-state index contributed by atoms with van der Waals surface area (Å²) in [6.45, 7) is 1.79. The number of aromatic nitrogens is 3. The van der Waals surface area contributed by atoms with E-state index in [4.69, 9.17) is 5.73 Å². The molecule has 0 amide bonds. The fourth-order valence-corrected chi connectivity index (χ4v) is 1.72. The molecule has 0 atom stereocenters. The molecule has 1 aromatic heterocycles. The number of rotatable bonds is 2. The van der Waals surface area contributed by atoms with Gasteiger partial charge in [0.1, 0.15) is 0 Å². The number of hydrogen-bond acceptors (Lipinski definition) is 4. The van der Waals surface area contributed by atoms with Gasteiger partial charge in [0.05, 0.1) is 17.5 Å². The highest BCUT2D eigenvalue weighted by Crippen LogP contribution is 2.37. The Morgan fingerprint density at radius 3 is 2.58 bits per heavy atom. The normalized spacial score (nSPS) is 11.6. The Kier molecular flexibility index (Phi) is 3.37. The molecule has 2 rings (SSSR count). The predicted molar refractivity (Wildman–Crippen MR) is 64.1 cm³/mol. The number of aryl methyl sites for hydroxylation is 1. The highest BCUT2D eigenvalue weighted by molar-refractivity contribution is 5.65. The third-order valence-electron chi connectivity index (χ3n) is 2.65. The van der Waals surface area contributed by atoms with Gasteiger partial charge < -0.3 is 5.73 Å². The lowest BCUT2D eigenvalue weighted by molar-refractivity contribution is -0.137. The average molecular weight is 268 g/mol.